The van der Waals surface area contributed by atoms with Crippen LogP contribution in [-0.2, 0) is 0 Å². The van der Waals surface area contributed by atoms with Crippen LogP contribution in [-0.4, -0.2) is 13.6 Å². The van der Waals surface area contributed by atoms with E-state index in [0.717, 1.165) is 31.3 Å². The molecule has 0 amide bonds. The third-order valence-electron chi connectivity index (χ3n) is 4.28. The first-order chi connectivity index (χ1) is 7.37. The summed E-state index contributed by atoms with van der Waals surface area (Å²) in [6.07, 6.45) is 6.58. The highest BCUT2D eigenvalue weighted by atomic mass is 32.1. The van der Waals surface area contributed by atoms with Gasteiger partial charge >= 0.3 is 0 Å². The van der Waals surface area contributed by atoms with E-state index in [-0.39, 0.29) is 10.8 Å². The number of hydrogen-bond acceptors (Lipinski definition) is 1. The van der Waals surface area contributed by atoms with E-state index >= 15 is 0 Å². The maximum atomic E-state index is 4.45. The van der Waals surface area contributed by atoms with Gasteiger partial charge in [-0.25, -0.2) is 0 Å². The van der Waals surface area contributed by atoms with Crippen molar-refractivity contribution in [1.82, 2.24) is 0 Å². The van der Waals surface area contributed by atoms with Crippen LogP contribution in [0.1, 0.15) is 40.0 Å². The first-order valence-corrected chi connectivity index (χ1v) is 6.93. The Labute approximate surface area is 108 Å². The fourth-order valence-electron chi connectivity index (χ4n) is 1.64. The number of allylic oxidation sites excluding steroid dienone is 2. The van der Waals surface area contributed by atoms with Crippen LogP contribution >= 0.6 is 12.6 Å². The van der Waals surface area contributed by atoms with Gasteiger partial charge in [0.1, 0.15) is 7.85 Å². The number of rotatable bonds is 8. The second kappa shape index (κ2) is 6.59. The van der Waals surface area contributed by atoms with Crippen LogP contribution in [0.3, 0.4) is 0 Å². The van der Waals surface area contributed by atoms with Crippen LogP contribution in [0.5, 0.6) is 0 Å². The molecule has 2 heteroatoms. The van der Waals surface area contributed by atoms with E-state index in [1.165, 1.54) is 5.57 Å². The van der Waals surface area contributed by atoms with Crippen LogP contribution in [0, 0.1) is 10.8 Å². The Balaban J connectivity index is 4.42. The van der Waals surface area contributed by atoms with Crippen LogP contribution in [0.2, 0.25) is 6.32 Å². The second-order valence-corrected chi connectivity index (χ2v) is 5.70. The minimum absolute atomic E-state index is 0.193. The zero-order valence-electron chi connectivity index (χ0n) is 11.5. The molecular formula is C14H27BS. The van der Waals surface area contributed by atoms with Crippen molar-refractivity contribution in [3.63, 3.8) is 0 Å². The predicted molar refractivity (Wildman–Crippen MR) is 82.3 cm³/mol. The highest BCUT2D eigenvalue weighted by Gasteiger charge is 2.26. The lowest BCUT2D eigenvalue weighted by molar-refractivity contribution is 0.361. The van der Waals surface area contributed by atoms with E-state index < -0.39 is 0 Å². The molecule has 16 heavy (non-hydrogen) atoms. The standard InChI is InChI=1S/C14H27BS/c1-6-13(4,7-2)9-8-12(3)14(5,10-15)11-16/h6,16H,1,3,7-11,15H2,2,4-5H3. The molecule has 0 aliphatic heterocycles. The zero-order valence-corrected chi connectivity index (χ0v) is 12.4. The highest BCUT2D eigenvalue weighted by Crippen LogP contribution is 2.37. The molecule has 0 aliphatic carbocycles. The van der Waals surface area contributed by atoms with Gasteiger partial charge in [0.25, 0.3) is 0 Å². The van der Waals surface area contributed by atoms with Gasteiger partial charge in [0, 0.05) is 0 Å². The van der Waals surface area contributed by atoms with Crippen molar-refractivity contribution in [2.75, 3.05) is 5.75 Å². The molecule has 0 aromatic carbocycles. The molecule has 0 fully saturated rings. The number of hydrogen-bond donors (Lipinski definition) is 1. The first kappa shape index (κ1) is 15.9. The predicted octanol–water partition coefficient (Wildman–Crippen LogP) is 3.91. The fraction of sp³-hybridized carbons (Fsp3) is 0.714. The van der Waals surface area contributed by atoms with Gasteiger partial charge in [-0.2, -0.15) is 12.6 Å². The van der Waals surface area contributed by atoms with Gasteiger partial charge in [-0.1, -0.05) is 45.3 Å². The molecule has 2 atom stereocenters. The summed E-state index contributed by atoms with van der Waals surface area (Å²) in [6, 6.07) is 0. The topological polar surface area (TPSA) is 0 Å². The lowest BCUT2D eigenvalue weighted by Gasteiger charge is -2.32. The molecule has 0 saturated heterocycles. The smallest absolute Gasteiger partial charge is 0.102 e. The molecule has 2 unspecified atom stereocenters. The normalized spacial score (nSPS) is 18.5. The average Bonchev–Trinajstić information content (AvgIpc) is 2.34. The molecule has 0 aliphatic rings. The molecule has 0 bridgehead atoms. The van der Waals surface area contributed by atoms with E-state index in [2.05, 4.69) is 60.5 Å². The Kier molecular flexibility index (Phi) is 6.54. The summed E-state index contributed by atoms with van der Waals surface area (Å²) in [5, 5.41) is 0. The lowest BCUT2D eigenvalue weighted by atomic mass is 9.71. The van der Waals surface area contributed by atoms with Crippen LogP contribution in [0.4, 0.5) is 0 Å². The third-order valence-corrected chi connectivity index (χ3v) is 4.98. The molecule has 0 aromatic rings. The van der Waals surface area contributed by atoms with Gasteiger partial charge in [-0.3, -0.25) is 0 Å². The van der Waals surface area contributed by atoms with Crippen LogP contribution in [0.25, 0.3) is 0 Å². The molecule has 0 N–H and O–H groups in total. The van der Waals surface area contributed by atoms with Crippen molar-refractivity contribution < 1.29 is 0 Å². The monoisotopic (exact) mass is 238 g/mol. The van der Waals surface area contributed by atoms with Crippen LogP contribution in [0.15, 0.2) is 24.8 Å². The third kappa shape index (κ3) is 4.05. The summed E-state index contributed by atoms with van der Waals surface area (Å²) in [5.74, 6) is 0.888. The molecule has 0 nitrogen and oxygen atoms in total. The van der Waals surface area contributed by atoms with Crippen molar-refractivity contribution in [1.29, 1.82) is 0 Å². The van der Waals surface area contributed by atoms with Crippen molar-refractivity contribution >= 4 is 20.5 Å². The molecule has 0 rings (SSSR count). The Morgan fingerprint density at radius 1 is 1.44 bits per heavy atom. The van der Waals surface area contributed by atoms with Crippen molar-refractivity contribution in [3.8, 4) is 0 Å². The van der Waals surface area contributed by atoms with Gasteiger partial charge < -0.3 is 0 Å². The lowest BCUT2D eigenvalue weighted by Crippen LogP contribution is -2.22. The summed E-state index contributed by atoms with van der Waals surface area (Å²) in [7, 11) is 2.22. The quantitative estimate of drug-likeness (QED) is 0.370. The highest BCUT2D eigenvalue weighted by molar-refractivity contribution is 7.80. The van der Waals surface area contributed by atoms with Crippen molar-refractivity contribution in [2.45, 2.75) is 46.4 Å². The molecule has 0 aromatic heterocycles. The maximum Gasteiger partial charge on any atom is 0.102 e. The summed E-state index contributed by atoms with van der Waals surface area (Å²) in [6.45, 7) is 15.0. The Morgan fingerprint density at radius 3 is 2.31 bits per heavy atom. The van der Waals surface area contributed by atoms with E-state index in [4.69, 9.17) is 0 Å². The number of thiol groups is 1. The molecule has 0 spiro atoms. The SMILES string of the molecule is BCC(C)(CS)C(=C)CCC(C)(C=C)CC. The summed E-state index contributed by atoms with van der Waals surface area (Å²) in [5.41, 5.74) is 1.79. The van der Waals surface area contributed by atoms with Crippen LogP contribution < -0.4 is 0 Å². The Morgan fingerprint density at radius 2 is 2.00 bits per heavy atom. The molecular weight excluding hydrogens is 211 g/mol. The van der Waals surface area contributed by atoms with Gasteiger partial charge in [-0.05, 0) is 35.8 Å². The van der Waals surface area contributed by atoms with Gasteiger partial charge in [-0.15, -0.1) is 6.58 Å². The van der Waals surface area contributed by atoms with Crippen molar-refractivity contribution in [2.24, 2.45) is 10.8 Å². The maximum absolute atomic E-state index is 4.45. The minimum atomic E-state index is 0.193. The second-order valence-electron chi connectivity index (χ2n) is 5.39. The van der Waals surface area contributed by atoms with E-state index in [9.17, 15) is 0 Å². The summed E-state index contributed by atoms with van der Waals surface area (Å²) in [4.78, 5) is 0. The van der Waals surface area contributed by atoms with E-state index in [1.807, 2.05) is 0 Å². The van der Waals surface area contributed by atoms with E-state index in [0.29, 0.717) is 0 Å². The molecule has 0 heterocycles. The zero-order chi connectivity index (χ0) is 12.8. The van der Waals surface area contributed by atoms with Gasteiger partial charge in [0.2, 0.25) is 0 Å². The molecule has 92 valence electrons. The minimum Gasteiger partial charge on any atom is -0.178 e. The molecule has 0 radical (unpaired) electrons. The van der Waals surface area contributed by atoms with Gasteiger partial charge in [0.05, 0.1) is 0 Å². The molecule has 0 saturated carbocycles. The Hall–Kier alpha value is -0.105. The van der Waals surface area contributed by atoms with Crippen molar-refractivity contribution in [3.05, 3.63) is 24.8 Å². The van der Waals surface area contributed by atoms with E-state index in [1.54, 1.807) is 0 Å². The fourth-order valence-corrected chi connectivity index (χ4v) is 2.08. The van der Waals surface area contributed by atoms with Gasteiger partial charge in [0.15, 0.2) is 0 Å². The average molecular weight is 238 g/mol. The largest absolute Gasteiger partial charge is 0.178 e. The summed E-state index contributed by atoms with van der Waals surface area (Å²) < 4.78 is 0. The Bertz CT molecular complexity index is 243. The summed E-state index contributed by atoms with van der Waals surface area (Å²) >= 11 is 4.45. The first-order valence-electron chi connectivity index (χ1n) is 6.30.